The van der Waals surface area contributed by atoms with Crippen molar-refractivity contribution in [3.8, 4) is 0 Å². The van der Waals surface area contributed by atoms with Crippen LogP contribution in [0.15, 0.2) is 24.3 Å². The van der Waals surface area contributed by atoms with E-state index in [4.69, 9.17) is 5.11 Å². The molecule has 0 bridgehead atoms. The largest absolute Gasteiger partial charge is 0.396 e. The van der Waals surface area contributed by atoms with Gasteiger partial charge in [0.25, 0.3) is 0 Å². The Kier molecular flexibility index (Phi) is 6.37. The lowest BCUT2D eigenvalue weighted by Gasteiger charge is -2.21. The number of benzene rings is 1. The second-order valence-electron chi connectivity index (χ2n) is 5.82. The van der Waals surface area contributed by atoms with Crippen LogP contribution in [0.1, 0.15) is 38.3 Å². The lowest BCUT2D eigenvalue weighted by molar-refractivity contribution is 0.157. The van der Waals surface area contributed by atoms with Gasteiger partial charge in [-0.05, 0) is 30.5 Å². The van der Waals surface area contributed by atoms with Crippen molar-refractivity contribution < 1.29 is 5.11 Å². The fourth-order valence-electron chi connectivity index (χ4n) is 1.88. The van der Waals surface area contributed by atoms with Gasteiger partial charge < -0.3 is 10.4 Å². The maximum atomic E-state index is 9.15. The van der Waals surface area contributed by atoms with Crippen molar-refractivity contribution in [1.82, 2.24) is 5.32 Å². The topological polar surface area (TPSA) is 32.3 Å². The molecule has 0 aliphatic carbocycles. The molecule has 0 amide bonds. The van der Waals surface area contributed by atoms with Gasteiger partial charge in [-0.25, -0.2) is 0 Å². The molecule has 18 heavy (non-hydrogen) atoms. The fraction of sp³-hybridized carbons (Fsp3) is 0.625. The Morgan fingerprint density at radius 3 is 2.11 bits per heavy atom. The lowest BCUT2D eigenvalue weighted by atomic mass is 9.95. The Hall–Kier alpha value is -0.860. The molecule has 0 aliphatic heterocycles. The predicted octanol–water partition coefficient (Wildman–Crippen LogP) is 2.79. The zero-order chi connectivity index (χ0) is 13.4. The summed E-state index contributed by atoms with van der Waals surface area (Å²) in [6, 6.07) is 8.92. The van der Waals surface area contributed by atoms with Crippen molar-refractivity contribution in [3.05, 3.63) is 35.4 Å². The molecule has 0 heterocycles. The number of aliphatic hydroxyl groups excluding tert-OH is 1. The molecule has 0 spiro atoms. The molecule has 0 aromatic heterocycles. The first kappa shape index (κ1) is 15.2. The summed E-state index contributed by atoms with van der Waals surface area (Å²) in [5.41, 5.74) is 2.78. The van der Waals surface area contributed by atoms with Crippen molar-refractivity contribution in [2.45, 2.75) is 40.0 Å². The van der Waals surface area contributed by atoms with Crippen LogP contribution in [0.3, 0.4) is 0 Å². The van der Waals surface area contributed by atoms with Crippen LogP contribution in [-0.2, 0) is 12.8 Å². The van der Waals surface area contributed by atoms with Gasteiger partial charge in [0, 0.05) is 18.6 Å². The third-order valence-electron chi connectivity index (χ3n) is 3.18. The molecular formula is C16H27NO. The highest BCUT2D eigenvalue weighted by molar-refractivity contribution is 5.22. The normalized spacial score (nSPS) is 11.8. The summed E-state index contributed by atoms with van der Waals surface area (Å²) >= 11 is 0. The minimum atomic E-state index is -0.0228. The van der Waals surface area contributed by atoms with Gasteiger partial charge in [0.1, 0.15) is 0 Å². The molecule has 0 saturated carbocycles. The van der Waals surface area contributed by atoms with E-state index in [-0.39, 0.29) is 12.0 Å². The molecule has 2 heteroatoms. The Bertz CT molecular complexity index is 329. The highest BCUT2D eigenvalue weighted by atomic mass is 16.3. The summed E-state index contributed by atoms with van der Waals surface area (Å²) in [7, 11) is 0. The first-order chi connectivity index (χ1) is 8.57. The Morgan fingerprint density at radius 1 is 1.06 bits per heavy atom. The van der Waals surface area contributed by atoms with Crippen LogP contribution in [0.5, 0.6) is 0 Å². The summed E-state index contributed by atoms with van der Waals surface area (Å²) in [6.07, 6.45) is 3.42. The lowest BCUT2D eigenvalue weighted by Crippen LogP contribution is -2.33. The van der Waals surface area contributed by atoms with Crippen molar-refractivity contribution >= 4 is 0 Å². The smallest absolute Gasteiger partial charge is 0.0494 e. The average Bonchev–Trinajstić information content (AvgIpc) is 2.37. The summed E-state index contributed by atoms with van der Waals surface area (Å²) in [6.45, 7) is 8.40. The molecule has 0 saturated heterocycles. The van der Waals surface area contributed by atoms with Crippen LogP contribution in [0.4, 0.5) is 0 Å². The van der Waals surface area contributed by atoms with Gasteiger partial charge in [-0.1, -0.05) is 51.5 Å². The Labute approximate surface area is 111 Å². The monoisotopic (exact) mass is 249 g/mol. The van der Waals surface area contributed by atoms with Crippen LogP contribution >= 0.6 is 0 Å². The van der Waals surface area contributed by atoms with Crippen molar-refractivity contribution in [1.29, 1.82) is 0 Å². The molecule has 1 aromatic carbocycles. The van der Waals surface area contributed by atoms with Gasteiger partial charge in [0.15, 0.2) is 0 Å². The maximum Gasteiger partial charge on any atom is 0.0494 e. The van der Waals surface area contributed by atoms with Crippen molar-refractivity contribution in [2.75, 3.05) is 19.7 Å². The zero-order valence-corrected chi connectivity index (χ0v) is 12.0. The van der Waals surface area contributed by atoms with E-state index in [1.54, 1.807) is 0 Å². The van der Waals surface area contributed by atoms with Gasteiger partial charge in [-0.3, -0.25) is 0 Å². The third kappa shape index (κ3) is 5.65. The SMILES string of the molecule is CCCc1ccc(CCNCC(C)(C)CO)cc1. The van der Waals surface area contributed by atoms with Crippen LogP contribution < -0.4 is 5.32 Å². The summed E-state index contributed by atoms with van der Waals surface area (Å²) < 4.78 is 0. The van der Waals surface area contributed by atoms with Crippen molar-refractivity contribution in [2.24, 2.45) is 5.41 Å². The van der Waals surface area contributed by atoms with Gasteiger partial charge in [-0.15, -0.1) is 0 Å². The second kappa shape index (κ2) is 7.55. The quantitative estimate of drug-likeness (QED) is 0.694. The molecule has 2 N–H and O–H groups in total. The standard InChI is InChI=1S/C16H27NO/c1-4-5-14-6-8-15(9-7-14)10-11-17-12-16(2,3)13-18/h6-9,17-18H,4-5,10-13H2,1-3H3. The van der Waals surface area contributed by atoms with Gasteiger partial charge in [0.2, 0.25) is 0 Å². The highest BCUT2D eigenvalue weighted by Crippen LogP contribution is 2.11. The van der Waals surface area contributed by atoms with Crippen LogP contribution in [-0.4, -0.2) is 24.8 Å². The number of aryl methyl sites for hydroxylation is 1. The minimum absolute atomic E-state index is 0.0228. The molecule has 1 aromatic rings. The van der Waals surface area contributed by atoms with E-state index in [9.17, 15) is 0 Å². The van der Waals surface area contributed by atoms with Crippen LogP contribution in [0, 0.1) is 5.41 Å². The Balaban J connectivity index is 2.27. The number of aliphatic hydroxyl groups is 1. The summed E-state index contributed by atoms with van der Waals surface area (Å²) in [5.74, 6) is 0. The molecule has 2 nitrogen and oxygen atoms in total. The number of rotatable bonds is 8. The molecule has 1 rings (SSSR count). The minimum Gasteiger partial charge on any atom is -0.396 e. The number of nitrogens with one attached hydrogen (secondary N) is 1. The fourth-order valence-corrected chi connectivity index (χ4v) is 1.88. The molecule has 102 valence electrons. The molecule has 0 unspecified atom stereocenters. The van der Waals surface area contributed by atoms with Gasteiger partial charge in [0.05, 0.1) is 0 Å². The second-order valence-corrected chi connectivity index (χ2v) is 5.82. The summed E-state index contributed by atoms with van der Waals surface area (Å²) in [4.78, 5) is 0. The Morgan fingerprint density at radius 2 is 1.61 bits per heavy atom. The zero-order valence-electron chi connectivity index (χ0n) is 12.0. The van der Waals surface area contributed by atoms with E-state index in [0.29, 0.717) is 0 Å². The van der Waals surface area contributed by atoms with Gasteiger partial charge >= 0.3 is 0 Å². The first-order valence-corrected chi connectivity index (χ1v) is 6.97. The van der Waals surface area contributed by atoms with E-state index in [1.807, 2.05) is 0 Å². The van der Waals surface area contributed by atoms with E-state index in [1.165, 1.54) is 24.0 Å². The molecule has 0 radical (unpaired) electrons. The van der Waals surface area contributed by atoms with Crippen molar-refractivity contribution in [3.63, 3.8) is 0 Å². The first-order valence-electron chi connectivity index (χ1n) is 6.97. The van der Waals surface area contributed by atoms with E-state index in [2.05, 4.69) is 50.4 Å². The molecule has 0 atom stereocenters. The maximum absolute atomic E-state index is 9.15. The van der Waals surface area contributed by atoms with Crippen LogP contribution in [0.2, 0.25) is 0 Å². The summed E-state index contributed by atoms with van der Waals surface area (Å²) in [5, 5.41) is 12.6. The van der Waals surface area contributed by atoms with Gasteiger partial charge in [-0.2, -0.15) is 0 Å². The predicted molar refractivity (Wildman–Crippen MR) is 77.9 cm³/mol. The molecule has 0 aliphatic rings. The molecule has 0 fully saturated rings. The van der Waals surface area contributed by atoms with E-state index >= 15 is 0 Å². The van der Waals surface area contributed by atoms with E-state index < -0.39 is 0 Å². The third-order valence-corrected chi connectivity index (χ3v) is 3.18. The number of hydrogen-bond donors (Lipinski definition) is 2. The van der Waals surface area contributed by atoms with Crippen LogP contribution in [0.25, 0.3) is 0 Å². The van der Waals surface area contributed by atoms with E-state index in [0.717, 1.165) is 19.5 Å². The highest BCUT2D eigenvalue weighted by Gasteiger charge is 2.14. The molecular weight excluding hydrogens is 222 g/mol. The number of hydrogen-bond acceptors (Lipinski definition) is 2. The average molecular weight is 249 g/mol.